The smallest absolute Gasteiger partial charge is 0.233 e. The van der Waals surface area contributed by atoms with E-state index >= 15 is 0 Å². The second kappa shape index (κ2) is 9.30. The Morgan fingerprint density at radius 1 is 1.15 bits per heavy atom. The number of carbonyl (C=O) groups is 1. The fourth-order valence-corrected chi connectivity index (χ4v) is 6.83. The van der Waals surface area contributed by atoms with Crippen LogP contribution in [0.5, 0.6) is 11.5 Å². The molecule has 0 bridgehead atoms. The van der Waals surface area contributed by atoms with E-state index in [1.54, 1.807) is 4.90 Å². The number of hydrogen-bond acceptors (Lipinski definition) is 8. The summed E-state index contributed by atoms with van der Waals surface area (Å²) in [6, 6.07) is 15.0. The fraction of sp³-hybridized carbons (Fsp3) is 0.348. The second-order valence-corrected chi connectivity index (χ2v) is 11.2. The summed E-state index contributed by atoms with van der Waals surface area (Å²) >= 11 is 1.29. The molecular formula is C23H24N4O5S2. The Morgan fingerprint density at radius 3 is 2.68 bits per heavy atom. The maximum atomic E-state index is 13.0. The average molecular weight is 501 g/mol. The Kier molecular flexibility index (Phi) is 6.22. The van der Waals surface area contributed by atoms with E-state index in [1.165, 1.54) is 11.8 Å². The third-order valence-electron chi connectivity index (χ3n) is 5.91. The van der Waals surface area contributed by atoms with Gasteiger partial charge in [-0.1, -0.05) is 30.0 Å². The van der Waals surface area contributed by atoms with Crippen LogP contribution >= 0.6 is 11.8 Å². The van der Waals surface area contributed by atoms with Gasteiger partial charge in [0, 0.05) is 23.8 Å². The number of para-hydroxylation sites is 1. The van der Waals surface area contributed by atoms with Gasteiger partial charge < -0.3 is 14.4 Å². The summed E-state index contributed by atoms with van der Waals surface area (Å²) in [5.74, 6) is 2.14. The molecule has 0 saturated carbocycles. The van der Waals surface area contributed by atoms with Crippen molar-refractivity contribution in [3.63, 3.8) is 0 Å². The number of rotatable bonds is 7. The number of benzene rings is 2. The molecule has 3 aromatic rings. The van der Waals surface area contributed by atoms with Crippen LogP contribution in [0.2, 0.25) is 0 Å². The number of sulfone groups is 1. The summed E-state index contributed by atoms with van der Waals surface area (Å²) < 4.78 is 36.6. The van der Waals surface area contributed by atoms with Gasteiger partial charge in [-0.05, 0) is 43.7 Å². The lowest BCUT2D eigenvalue weighted by Gasteiger charge is -2.26. The molecule has 0 spiro atoms. The summed E-state index contributed by atoms with van der Waals surface area (Å²) in [6.07, 6.45) is 0.487. The van der Waals surface area contributed by atoms with E-state index in [-0.39, 0.29) is 36.0 Å². The lowest BCUT2D eigenvalue weighted by Crippen LogP contribution is -2.42. The number of hydrogen-bond donors (Lipinski definition) is 0. The SMILES string of the molecule is CCN(C(=O)CSc1nnc(-c2ccc3c(c2)OCO3)n1-c1ccccc1)C1CCS(=O)(=O)C1. The van der Waals surface area contributed by atoms with Crippen LogP contribution in [0.1, 0.15) is 13.3 Å². The van der Waals surface area contributed by atoms with Gasteiger partial charge in [0.2, 0.25) is 12.7 Å². The number of thioether (sulfide) groups is 1. The van der Waals surface area contributed by atoms with Gasteiger partial charge in [-0.15, -0.1) is 10.2 Å². The maximum Gasteiger partial charge on any atom is 0.233 e. The van der Waals surface area contributed by atoms with Gasteiger partial charge in [0.25, 0.3) is 0 Å². The van der Waals surface area contributed by atoms with Gasteiger partial charge in [-0.25, -0.2) is 8.42 Å². The van der Waals surface area contributed by atoms with Crippen LogP contribution in [0, 0.1) is 0 Å². The lowest BCUT2D eigenvalue weighted by atomic mass is 10.2. The summed E-state index contributed by atoms with van der Waals surface area (Å²) in [6.45, 7) is 2.52. The lowest BCUT2D eigenvalue weighted by molar-refractivity contribution is -0.129. The Balaban J connectivity index is 1.41. The minimum Gasteiger partial charge on any atom is -0.454 e. The van der Waals surface area contributed by atoms with Crippen LogP contribution in [0.3, 0.4) is 0 Å². The van der Waals surface area contributed by atoms with Crippen LogP contribution < -0.4 is 9.47 Å². The predicted molar refractivity (Wildman–Crippen MR) is 128 cm³/mol. The first-order chi connectivity index (χ1) is 16.4. The molecule has 1 saturated heterocycles. The molecule has 2 aliphatic heterocycles. The van der Waals surface area contributed by atoms with Crippen molar-refractivity contribution in [1.29, 1.82) is 0 Å². The maximum absolute atomic E-state index is 13.0. The van der Waals surface area contributed by atoms with E-state index < -0.39 is 9.84 Å². The minimum atomic E-state index is -3.07. The molecule has 9 nitrogen and oxygen atoms in total. The van der Waals surface area contributed by atoms with Gasteiger partial charge in [-0.2, -0.15) is 0 Å². The quantitative estimate of drug-likeness (QED) is 0.456. The molecule has 2 aromatic carbocycles. The van der Waals surface area contributed by atoms with Gasteiger partial charge in [0.15, 0.2) is 32.3 Å². The first kappa shape index (κ1) is 22.7. The Labute approximate surface area is 202 Å². The number of amides is 1. The highest BCUT2D eigenvalue weighted by atomic mass is 32.2. The van der Waals surface area contributed by atoms with Crippen molar-refractivity contribution < 1.29 is 22.7 Å². The molecule has 11 heteroatoms. The summed E-state index contributed by atoms with van der Waals surface area (Å²) in [5, 5.41) is 9.37. The first-order valence-corrected chi connectivity index (χ1v) is 13.8. The molecule has 34 heavy (non-hydrogen) atoms. The fourth-order valence-electron chi connectivity index (χ4n) is 4.26. The Bertz CT molecular complexity index is 1310. The van der Waals surface area contributed by atoms with Crippen molar-refractivity contribution in [3.8, 4) is 28.6 Å². The van der Waals surface area contributed by atoms with Crippen molar-refractivity contribution in [2.45, 2.75) is 24.5 Å². The van der Waals surface area contributed by atoms with Gasteiger partial charge in [-0.3, -0.25) is 9.36 Å². The highest BCUT2D eigenvalue weighted by Gasteiger charge is 2.34. The first-order valence-electron chi connectivity index (χ1n) is 11.0. The molecule has 3 heterocycles. The zero-order valence-electron chi connectivity index (χ0n) is 18.6. The van der Waals surface area contributed by atoms with E-state index in [0.29, 0.717) is 35.4 Å². The molecule has 1 fully saturated rings. The third-order valence-corrected chi connectivity index (χ3v) is 8.58. The topological polar surface area (TPSA) is 104 Å². The molecule has 0 radical (unpaired) electrons. The van der Waals surface area contributed by atoms with E-state index in [4.69, 9.17) is 9.47 Å². The van der Waals surface area contributed by atoms with Crippen LogP contribution in [0.25, 0.3) is 17.1 Å². The summed E-state index contributed by atoms with van der Waals surface area (Å²) in [7, 11) is -3.07. The summed E-state index contributed by atoms with van der Waals surface area (Å²) in [4.78, 5) is 14.7. The summed E-state index contributed by atoms with van der Waals surface area (Å²) in [5.41, 5.74) is 1.68. The second-order valence-electron chi connectivity index (χ2n) is 8.07. The van der Waals surface area contributed by atoms with Gasteiger partial charge in [0.1, 0.15) is 0 Å². The van der Waals surface area contributed by atoms with Crippen LogP contribution in [-0.4, -0.2) is 70.6 Å². The Hall–Kier alpha value is -3.05. The molecule has 0 aliphatic carbocycles. The molecule has 1 unspecified atom stereocenters. The largest absolute Gasteiger partial charge is 0.454 e. The monoisotopic (exact) mass is 500 g/mol. The standard InChI is InChI=1S/C23H24N4O5S2/c1-2-26(18-10-11-34(29,30)14-18)21(28)13-33-23-25-24-22(27(23)17-6-4-3-5-7-17)16-8-9-19-20(12-16)32-15-31-19/h3-9,12,18H,2,10-11,13-15H2,1H3. The molecule has 1 atom stereocenters. The molecule has 2 aliphatic rings. The van der Waals surface area contributed by atoms with E-state index in [2.05, 4.69) is 10.2 Å². The van der Waals surface area contributed by atoms with E-state index in [0.717, 1.165) is 11.3 Å². The van der Waals surface area contributed by atoms with Crippen molar-refractivity contribution in [3.05, 3.63) is 48.5 Å². The number of aromatic nitrogens is 3. The van der Waals surface area contributed by atoms with E-state index in [1.807, 2.05) is 60.0 Å². The van der Waals surface area contributed by atoms with Crippen molar-refractivity contribution in [2.75, 3.05) is 30.6 Å². The van der Waals surface area contributed by atoms with E-state index in [9.17, 15) is 13.2 Å². The molecule has 178 valence electrons. The zero-order chi connectivity index (χ0) is 23.7. The van der Waals surface area contributed by atoms with Gasteiger partial charge in [0.05, 0.1) is 17.3 Å². The minimum absolute atomic E-state index is 0.0334. The van der Waals surface area contributed by atoms with Crippen molar-refractivity contribution in [2.24, 2.45) is 0 Å². The molecule has 1 amide bonds. The van der Waals surface area contributed by atoms with Crippen molar-refractivity contribution in [1.82, 2.24) is 19.7 Å². The molecule has 0 N–H and O–H groups in total. The van der Waals surface area contributed by atoms with Crippen LogP contribution in [0.15, 0.2) is 53.7 Å². The molecular weight excluding hydrogens is 476 g/mol. The number of carbonyl (C=O) groups excluding carboxylic acids is 1. The van der Waals surface area contributed by atoms with Crippen LogP contribution in [0.4, 0.5) is 0 Å². The van der Waals surface area contributed by atoms with Gasteiger partial charge >= 0.3 is 0 Å². The molecule has 5 rings (SSSR count). The number of fused-ring (bicyclic) bond motifs is 1. The normalized spacial score (nSPS) is 18.2. The predicted octanol–water partition coefficient (Wildman–Crippen LogP) is 2.79. The number of nitrogens with zero attached hydrogens (tertiary/aromatic N) is 4. The van der Waals surface area contributed by atoms with Crippen LogP contribution in [-0.2, 0) is 14.6 Å². The third kappa shape index (κ3) is 4.49. The average Bonchev–Trinajstić information content (AvgIpc) is 3.56. The Morgan fingerprint density at radius 2 is 1.94 bits per heavy atom. The molecule has 1 aromatic heterocycles. The number of ether oxygens (including phenoxy) is 2. The highest BCUT2D eigenvalue weighted by molar-refractivity contribution is 7.99. The highest BCUT2D eigenvalue weighted by Crippen LogP contribution is 2.37. The zero-order valence-corrected chi connectivity index (χ0v) is 20.2. The van der Waals surface area contributed by atoms with Crippen molar-refractivity contribution >= 4 is 27.5 Å².